The molecular formula is C39H41N9O6. The predicted molar refractivity (Wildman–Crippen MR) is 211 cm³/mol. The molecule has 0 unspecified atom stereocenters. The number of aromatic nitrogens is 4. The first-order chi connectivity index (χ1) is 26.1. The van der Waals surface area contributed by atoms with E-state index in [-0.39, 0.29) is 21.5 Å². The normalized spacial score (nSPS) is 8.89. The quantitative estimate of drug-likeness (QED) is 0.0477. The Morgan fingerprint density at radius 2 is 1.46 bits per heavy atom. The van der Waals surface area contributed by atoms with Crippen molar-refractivity contribution in [2.75, 3.05) is 0 Å². The molecule has 4 N–H and O–H groups in total. The van der Waals surface area contributed by atoms with E-state index >= 15 is 0 Å². The Bertz CT molecular complexity index is 2660. The van der Waals surface area contributed by atoms with Crippen molar-refractivity contribution in [1.82, 2.24) is 20.3 Å². The summed E-state index contributed by atoms with van der Waals surface area (Å²) in [6.45, 7) is 11.0. The van der Waals surface area contributed by atoms with Crippen LogP contribution in [0.25, 0.3) is 33.3 Å². The van der Waals surface area contributed by atoms with E-state index in [0.717, 1.165) is 45.0 Å². The molecule has 278 valence electrons. The summed E-state index contributed by atoms with van der Waals surface area (Å²) in [5.74, 6) is 48.0. The first-order valence-corrected chi connectivity index (χ1v) is 15.0. The lowest BCUT2D eigenvalue weighted by Gasteiger charge is -2.07. The van der Waals surface area contributed by atoms with Gasteiger partial charge in [0.15, 0.2) is 0 Å². The van der Waals surface area contributed by atoms with E-state index in [9.17, 15) is 10.0 Å². The molecule has 0 saturated carbocycles. The van der Waals surface area contributed by atoms with Gasteiger partial charge in [0, 0.05) is 27.5 Å². The Balaban J connectivity index is -0.000000198. The number of aromatic amines is 1. The lowest BCUT2D eigenvalue weighted by Crippen LogP contribution is -1.98. The molecule has 0 atom stereocenters. The molecule has 0 fully saturated rings. The summed E-state index contributed by atoms with van der Waals surface area (Å²) >= 11 is 0. The highest BCUT2D eigenvalue weighted by Crippen LogP contribution is 2.38. The number of terminal acetylenes is 1. The van der Waals surface area contributed by atoms with Crippen molar-refractivity contribution in [3.8, 4) is 129 Å². The van der Waals surface area contributed by atoms with Crippen molar-refractivity contribution < 1.29 is 39.1 Å². The van der Waals surface area contributed by atoms with Crippen molar-refractivity contribution in [2.45, 2.75) is 48.0 Å². The fourth-order valence-electron chi connectivity index (χ4n) is 4.09. The highest BCUT2D eigenvalue weighted by atomic mass is 17.2. The van der Waals surface area contributed by atoms with Gasteiger partial charge in [0.1, 0.15) is 11.6 Å². The number of H-pyrrole nitrogens is 1. The maximum atomic E-state index is 12.4. The molecule has 4 aromatic rings. The van der Waals surface area contributed by atoms with Gasteiger partial charge in [0.05, 0.1) is 38.2 Å². The summed E-state index contributed by atoms with van der Waals surface area (Å²) < 4.78 is 10.7. The highest BCUT2D eigenvalue weighted by Gasteiger charge is 2.25. The molecule has 0 aliphatic carbocycles. The maximum absolute atomic E-state index is 12.4. The number of nitrogens with two attached hydrogens (primary N) is 1. The van der Waals surface area contributed by atoms with Gasteiger partial charge in [-0.3, -0.25) is 15.9 Å². The summed E-state index contributed by atoms with van der Waals surface area (Å²) in [7, 11) is 0. The van der Waals surface area contributed by atoms with Crippen molar-refractivity contribution in [1.29, 1.82) is 0 Å². The lowest BCUT2D eigenvalue weighted by molar-refractivity contribution is -0.873. The van der Waals surface area contributed by atoms with Gasteiger partial charge in [-0.05, 0) is 147 Å². The number of hydrogen-bond acceptors (Lipinski definition) is 10. The number of imidazole rings is 1. The molecule has 0 aliphatic heterocycles. The molecule has 0 amide bonds. The van der Waals surface area contributed by atoms with Crippen LogP contribution in [0.2, 0.25) is 0 Å². The van der Waals surface area contributed by atoms with Crippen LogP contribution in [0.4, 0.5) is 0 Å². The lowest BCUT2D eigenvalue weighted by atomic mass is 9.94. The summed E-state index contributed by atoms with van der Waals surface area (Å²) in [4.78, 5) is 23.3. The summed E-state index contributed by atoms with van der Waals surface area (Å²) in [5.41, 5.74) is 6.48. The van der Waals surface area contributed by atoms with E-state index in [1.807, 2.05) is 39.8 Å². The molecule has 15 nitrogen and oxygen atoms in total. The van der Waals surface area contributed by atoms with Gasteiger partial charge in [-0.15, -0.1) is 6.42 Å². The van der Waals surface area contributed by atoms with E-state index in [0.29, 0.717) is 17.7 Å². The van der Waals surface area contributed by atoms with Crippen LogP contribution in [-0.4, -0.2) is 36.3 Å². The predicted octanol–water partition coefficient (Wildman–Crippen LogP) is 6.68. The number of rotatable bonds is 6. The Kier molecular flexibility index (Phi) is 17.6. The maximum Gasteiger partial charge on any atom is 0.226 e. The zero-order chi connectivity index (χ0) is 39.7. The Morgan fingerprint density at radius 1 is 0.926 bits per heavy atom. The Hall–Kier alpha value is -8.62. The van der Waals surface area contributed by atoms with E-state index in [2.05, 4.69) is 147 Å². The number of nitrogens with zero attached hydrogens (tertiary/aromatic N) is 7. The summed E-state index contributed by atoms with van der Waals surface area (Å²) in [5, 5.41) is 32.3. The first kappa shape index (κ1) is 41.6. The van der Waals surface area contributed by atoms with Crippen LogP contribution in [0.15, 0.2) is 36.8 Å². The van der Waals surface area contributed by atoms with Crippen molar-refractivity contribution >= 4 is 16.8 Å². The van der Waals surface area contributed by atoms with Crippen LogP contribution in [0.1, 0.15) is 63.8 Å². The topological polar surface area (TPSA) is 216 Å². The number of ketones is 1. The second kappa shape index (κ2) is 22.9. The number of hydrogen-bond donors (Lipinski definition) is 3. The summed E-state index contributed by atoms with van der Waals surface area (Å²) in [6, 6.07) is 4.02. The minimum absolute atomic E-state index is 0. The second-order valence-electron chi connectivity index (χ2n) is 9.57. The molecule has 4 rings (SSSR count). The first-order valence-electron chi connectivity index (χ1n) is 15.0. The van der Waals surface area contributed by atoms with E-state index in [1.165, 1.54) is 0 Å². The fourth-order valence-corrected chi connectivity index (χ4v) is 4.09. The fraction of sp³-hybridized carbons (Fsp3) is 0.179. The standard InChI is InChI=1S/C20H20N4O3.C19H4.H3N5O3.7H2/c1-6-16(25)20-18(10(3)24-27-20)14-7-13(17-9(2)23-26-11(17)4)8-15-19(14)22-12(5)21-15;1-3-5-7-9-11-13-15-17-19-18-16-14-12-10-8-6-4-2;1-2-3-4-5(6)8-7;;;;;;;/h7-8H,6H2,1-5H3,(H,21,22);1H,2H3;7H,(H2,1,3);7*1H. The van der Waals surface area contributed by atoms with Crippen LogP contribution in [0, 0.1) is 140 Å². The molecule has 15 heteroatoms. The molecule has 3 aromatic heterocycles. The van der Waals surface area contributed by atoms with E-state index in [1.54, 1.807) is 13.8 Å². The third kappa shape index (κ3) is 13.0. The molecule has 0 aliphatic rings. The Morgan fingerprint density at radius 3 is 1.94 bits per heavy atom. The number of nitrogens with one attached hydrogen (secondary N) is 1. The molecule has 3 heterocycles. The molecule has 0 bridgehead atoms. The van der Waals surface area contributed by atoms with Crippen molar-refractivity contribution in [2.24, 2.45) is 21.5 Å². The smallest absolute Gasteiger partial charge is 0.226 e. The second-order valence-corrected chi connectivity index (χ2v) is 9.57. The number of carbonyl (C=O) groups is 1. The number of fused-ring (bicyclic) bond motifs is 1. The number of benzene rings is 1. The molecule has 0 radical (unpaired) electrons. The van der Waals surface area contributed by atoms with Crippen molar-refractivity contribution in [3.05, 3.63) is 46.1 Å². The van der Waals surface area contributed by atoms with Gasteiger partial charge >= 0.3 is 0 Å². The highest BCUT2D eigenvalue weighted by molar-refractivity contribution is 6.05. The van der Waals surface area contributed by atoms with Crippen LogP contribution in [0.5, 0.6) is 0 Å². The van der Waals surface area contributed by atoms with Gasteiger partial charge in [-0.1, -0.05) is 23.2 Å². The minimum Gasteiger partial charge on any atom is -0.361 e. The SMILES string of the molecule is C#CC#CC#CC#CC#CC#CC#CC#CC#CC.CCC(=O)c1onc(C)c1-c1cc(-c2c(C)noc2C)cc2[nH]c(C)nc12.NN=NN=[N+]([O-])OO.[HH].[HH].[HH].[HH].[HH].[HH].[HH]. The minimum atomic E-state index is -0.573. The zero-order valence-electron chi connectivity index (χ0n) is 29.6. The van der Waals surface area contributed by atoms with Crippen LogP contribution >= 0.6 is 0 Å². The summed E-state index contributed by atoms with van der Waals surface area (Å²) in [6.07, 6.45) is 5.23. The van der Waals surface area contributed by atoms with Crippen LogP contribution in [0.3, 0.4) is 0 Å². The monoisotopic (exact) mass is 731 g/mol. The van der Waals surface area contributed by atoms with Crippen molar-refractivity contribution in [3.63, 3.8) is 0 Å². The average molecular weight is 732 g/mol. The van der Waals surface area contributed by atoms with E-state index in [4.69, 9.17) is 20.7 Å². The number of carbonyl (C=O) groups excluding carboxylic acids is 1. The molecule has 54 heavy (non-hydrogen) atoms. The average Bonchev–Trinajstić information content (AvgIpc) is 3.86. The largest absolute Gasteiger partial charge is 0.361 e. The Labute approximate surface area is 321 Å². The third-order valence-electron chi connectivity index (χ3n) is 6.04. The molecule has 1 aromatic carbocycles. The number of aryl methyl sites for hydroxylation is 4. The third-order valence-corrected chi connectivity index (χ3v) is 6.04. The van der Waals surface area contributed by atoms with Crippen LogP contribution in [-0.2, 0) is 4.99 Å². The van der Waals surface area contributed by atoms with Gasteiger partial charge in [-0.2, -0.15) is 0 Å². The van der Waals surface area contributed by atoms with Gasteiger partial charge in [0.2, 0.25) is 22.0 Å². The van der Waals surface area contributed by atoms with Gasteiger partial charge < -0.3 is 24.2 Å². The van der Waals surface area contributed by atoms with Crippen LogP contribution < -0.4 is 5.84 Å². The number of Topliss-reactive ketones (excluding diaryl/α,β-unsaturated/α-hetero) is 1. The van der Waals surface area contributed by atoms with Gasteiger partial charge in [-0.25, -0.2) is 4.98 Å². The van der Waals surface area contributed by atoms with Gasteiger partial charge in [0.25, 0.3) is 0 Å². The molecule has 0 saturated heterocycles. The molecular weight excluding hydrogens is 690 g/mol. The van der Waals surface area contributed by atoms with E-state index < -0.39 is 5.02 Å². The molecule has 0 spiro atoms. The zero-order valence-corrected chi connectivity index (χ0v) is 29.6.